The van der Waals surface area contributed by atoms with Crippen molar-refractivity contribution in [2.45, 2.75) is 0 Å². The molecule has 7 heteroatoms. The smallest absolute Gasteiger partial charge is 0.328 e. The number of hydrogen-bond donors (Lipinski definition) is 2. The molecule has 6 nitrogen and oxygen atoms in total. The third-order valence-electron chi connectivity index (χ3n) is 1.49. The Kier molecular flexibility index (Phi) is 2.24. The van der Waals surface area contributed by atoms with Gasteiger partial charge >= 0.3 is 5.69 Å². The second-order valence-electron chi connectivity index (χ2n) is 2.35. The number of carbonyl (C=O) groups excluding carboxylic acids is 1. The summed E-state index contributed by atoms with van der Waals surface area (Å²) in [6.45, 7) is 0. The molecule has 0 radical (unpaired) electrons. The van der Waals surface area contributed by atoms with Crippen molar-refractivity contribution >= 4 is 17.5 Å². The van der Waals surface area contributed by atoms with E-state index in [1.807, 2.05) is 0 Å². The quantitative estimate of drug-likeness (QED) is 0.602. The summed E-state index contributed by atoms with van der Waals surface area (Å²) in [7, 11) is 1.23. The van der Waals surface area contributed by atoms with Gasteiger partial charge in [-0.3, -0.25) is 14.2 Å². The second kappa shape index (κ2) is 3.06. The number of nitrogens with two attached hydrogens (primary N) is 1. The van der Waals surface area contributed by atoms with E-state index in [0.717, 1.165) is 4.57 Å². The van der Waals surface area contributed by atoms with Crippen LogP contribution in [0.25, 0.3) is 0 Å². The number of rotatable bonds is 1. The number of aromatic nitrogens is 2. The van der Waals surface area contributed by atoms with E-state index in [-0.39, 0.29) is 10.7 Å². The lowest BCUT2D eigenvalue weighted by Crippen LogP contribution is -2.36. The Bertz CT molecular complexity index is 473. The number of H-pyrrole nitrogens is 1. The van der Waals surface area contributed by atoms with Crippen molar-refractivity contribution in [3.8, 4) is 0 Å². The van der Waals surface area contributed by atoms with Gasteiger partial charge in [-0.25, -0.2) is 4.79 Å². The van der Waals surface area contributed by atoms with Gasteiger partial charge in [-0.15, -0.1) is 0 Å². The fourth-order valence-corrected chi connectivity index (χ4v) is 1.03. The van der Waals surface area contributed by atoms with Gasteiger partial charge in [0.2, 0.25) is 0 Å². The van der Waals surface area contributed by atoms with Crippen molar-refractivity contribution in [2.24, 2.45) is 12.8 Å². The zero-order chi connectivity index (χ0) is 10.2. The maximum absolute atomic E-state index is 11.1. The highest BCUT2D eigenvalue weighted by Crippen LogP contribution is 2.03. The first kappa shape index (κ1) is 9.53. The number of amides is 1. The van der Waals surface area contributed by atoms with Gasteiger partial charge in [0.1, 0.15) is 10.7 Å². The van der Waals surface area contributed by atoms with Crippen molar-refractivity contribution in [1.29, 1.82) is 0 Å². The van der Waals surface area contributed by atoms with Crippen molar-refractivity contribution in [3.63, 3.8) is 0 Å². The van der Waals surface area contributed by atoms with Crippen LogP contribution in [-0.2, 0) is 7.05 Å². The number of primary amides is 1. The van der Waals surface area contributed by atoms with E-state index >= 15 is 0 Å². The lowest BCUT2D eigenvalue weighted by Gasteiger charge is -2.00. The molecule has 1 rings (SSSR count). The van der Waals surface area contributed by atoms with Gasteiger partial charge in [0.15, 0.2) is 0 Å². The Hall–Kier alpha value is -1.56. The molecule has 0 aliphatic heterocycles. The highest BCUT2D eigenvalue weighted by Gasteiger charge is 2.13. The predicted molar refractivity (Wildman–Crippen MR) is 45.8 cm³/mol. The fourth-order valence-electron chi connectivity index (χ4n) is 0.762. The van der Waals surface area contributed by atoms with Crippen LogP contribution in [0.5, 0.6) is 0 Å². The Morgan fingerprint density at radius 1 is 1.54 bits per heavy atom. The molecule has 1 amide bonds. The summed E-state index contributed by atoms with van der Waals surface area (Å²) in [4.78, 5) is 34.8. The zero-order valence-electron chi connectivity index (χ0n) is 6.63. The predicted octanol–water partition coefficient (Wildman–Crippen LogP) is -1.17. The normalized spacial score (nSPS) is 10.0. The number of nitrogens with one attached hydrogen (secondary N) is 1. The van der Waals surface area contributed by atoms with Crippen LogP contribution in [0.4, 0.5) is 0 Å². The monoisotopic (exact) mass is 203 g/mol. The van der Waals surface area contributed by atoms with Crippen LogP contribution in [0.2, 0.25) is 5.02 Å². The summed E-state index contributed by atoms with van der Waals surface area (Å²) in [5.41, 5.74) is 3.01. The molecule has 0 aromatic carbocycles. The van der Waals surface area contributed by atoms with Crippen molar-refractivity contribution in [2.75, 3.05) is 0 Å². The van der Waals surface area contributed by atoms with Crippen LogP contribution >= 0.6 is 11.6 Å². The molecule has 0 unspecified atom stereocenters. The topological polar surface area (TPSA) is 97.9 Å². The largest absolute Gasteiger partial charge is 0.364 e. The average Bonchev–Trinajstić information content (AvgIpc) is 2.07. The van der Waals surface area contributed by atoms with Crippen molar-refractivity contribution in [3.05, 3.63) is 31.6 Å². The minimum absolute atomic E-state index is 0.366. The summed E-state index contributed by atoms with van der Waals surface area (Å²) in [6, 6.07) is 0. The molecule has 0 spiro atoms. The Labute approximate surface area is 76.9 Å². The van der Waals surface area contributed by atoms with E-state index in [0.29, 0.717) is 0 Å². The van der Waals surface area contributed by atoms with E-state index < -0.39 is 17.2 Å². The zero-order valence-corrected chi connectivity index (χ0v) is 7.38. The fraction of sp³-hybridized carbons (Fsp3) is 0.167. The van der Waals surface area contributed by atoms with Gasteiger partial charge in [0.25, 0.3) is 11.5 Å². The molecule has 0 aliphatic carbocycles. The van der Waals surface area contributed by atoms with Crippen LogP contribution in [-0.4, -0.2) is 15.5 Å². The van der Waals surface area contributed by atoms with E-state index in [1.165, 1.54) is 7.05 Å². The molecule has 13 heavy (non-hydrogen) atoms. The van der Waals surface area contributed by atoms with Crippen LogP contribution in [0.1, 0.15) is 10.5 Å². The Balaban J connectivity index is 3.70. The molecule has 0 bridgehead atoms. The first-order valence-corrected chi connectivity index (χ1v) is 3.61. The average molecular weight is 204 g/mol. The minimum atomic E-state index is -0.945. The second-order valence-corrected chi connectivity index (χ2v) is 2.73. The molecule has 0 fully saturated rings. The van der Waals surface area contributed by atoms with E-state index in [1.54, 1.807) is 0 Å². The first-order valence-electron chi connectivity index (χ1n) is 3.23. The summed E-state index contributed by atoms with van der Waals surface area (Å²) in [5, 5.41) is -0.380. The van der Waals surface area contributed by atoms with Crippen LogP contribution in [0.3, 0.4) is 0 Å². The minimum Gasteiger partial charge on any atom is -0.364 e. The lowest BCUT2D eigenvalue weighted by atomic mass is 10.4. The third-order valence-corrected chi connectivity index (χ3v) is 1.85. The first-order chi connectivity index (χ1) is 5.95. The molecular formula is C6H6ClN3O3. The van der Waals surface area contributed by atoms with Crippen LogP contribution in [0.15, 0.2) is 9.59 Å². The molecule has 0 atom stereocenters. The van der Waals surface area contributed by atoms with Crippen molar-refractivity contribution in [1.82, 2.24) is 9.55 Å². The molecular weight excluding hydrogens is 198 g/mol. The van der Waals surface area contributed by atoms with E-state index in [9.17, 15) is 14.4 Å². The number of carbonyl (C=O) groups is 1. The molecule has 1 heterocycles. The highest BCUT2D eigenvalue weighted by atomic mass is 35.5. The number of aromatic amines is 1. The molecule has 0 saturated carbocycles. The van der Waals surface area contributed by atoms with Gasteiger partial charge in [-0.1, -0.05) is 11.6 Å². The Morgan fingerprint density at radius 2 is 2.08 bits per heavy atom. The summed E-state index contributed by atoms with van der Waals surface area (Å²) >= 11 is 5.46. The van der Waals surface area contributed by atoms with Gasteiger partial charge in [0.05, 0.1) is 0 Å². The number of halogens is 1. The maximum Gasteiger partial charge on any atom is 0.328 e. The number of hydrogen-bond acceptors (Lipinski definition) is 3. The summed E-state index contributed by atoms with van der Waals surface area (Å²) in [6.07, 6.45) is 0. The van der Waals surface area contributed by atoms with Gasteiger partial charge in [-0.2, -0.15) is 0 Å². The standard InChI is InChI=1S/C6H6ClN3O3/c1-10-5(12)2(7)3(4(8)11)9-6(10)13/h1H3,(H2,8,11)(H,9,13). The van der Waals surface area contributed by atoms with Crippen LogP contribution < -0.4 is 17.0 Å². The SMILES string of the molecule is Cn1c(=O)[nH]c(C(N)=O)c(Cl)c1=O. The maximum atomic E-state index is 11.1. The van der Waals surface area contributed by atoms with E-state index in [2.05, 4.69) is 4.98 Å². The van der Waals surface area contributed by atoms with Gasteiger partial charge in [-0.05, 0) is 0 Å². The number of nitrogens with zero attached hydrogens (tertiary/aromatic N) is 1. The summed E-state index contributed by atoms with van der Waals surface area (Å²) in [5.74, 6) is -0.945. The lowest BCUT2D eigenvalue weighted by molar-refractivity contribution is 0.0995. The van der Waals surface area contributed by atoms with Crippen LogP contribution in [0, 0.1) is 0 Å². The van der Waals surface area contributed by atoms with Gasteiger partial charge in [0, 0.05) is 7.05 Å². The molecule has 1 aromatic heterocycles. The molecule has 1 aromatic rings. The molecule has 70 valence electrons. The molecule has 0 aliphatic rings. The Morgan fingerprint density at radius 3 is 2.54 bits per heavy atom. The molecule has 0 saturated heterocycles. The summed E-state index contributed by atoms with van der Waals surface area (Å²) < 4.78 is 0.745. The molecule has 3 N–H and O–H groups in total. The van der Waals surface area contributed by atoms with Crippen molar-refractivity contribution < 1.29 is 4.79 Å². The van der Waals surface area contributed by atoms with Gasteiger partial charge < -0.3 is 10.7 Å². The van der Waals surface area contributed by atoms with E-state index in [4.69, 9.17) is 17.3 Å². The highest BCUT2D eigenvalue weighted by molar-refractivity contribution is 6.33. The third kappa shape index (κ3) is 1.48.